The van der Waals surface area contributed by atoms with Gasteiger partial charge >= 0.3 is 5.97 Å². The Morgan fingerprint density at radius 3 is 2.55 bits per heavy atom. The summed E-state index contributed by atoms with van der Waals surface area (Å²) in [5.74, 6) is -0.779. The normalized spacial score (nSPS) is 20.0. The smallest absolute Gasteiger partial charge is 0.325 e. The van der Waals surface area contributed by atoms with Gasteiger partial charge in [0.25, 0.3) is 5.56 Å². The lowest BCUT2D eigenvalue weighted by Gasteiger charge is -2.34. The number of amides is 1. The summed E-state index contributed by atoms with van der Waals surface area (Å²) in [6.07, 6.45) is 2.16. The second kappa shape index (κ2) is 9.05. The van der Waals surface area contributed by atoms with Gasteiger partial charge in [0.2, 0.25) is 15.9 Å². The highest BCUT2D eigenvalue weighted by Crippen LogP contribution is 2.35. The topological polar surface area (TPSA) is 128 Å². The van der Waals surface area contributed by atoms with Crippen molar-refractivity contribution >= 4 is 43.5 Å². The van der Waals surface area contributed by atoms with E-state index in [-0.39, 0.29) is 28.7 Å². The zero-order valence-electron chi connectivity index (χ0n) is 17.9. The molecule has 2 aromatic heterocycles. The first-order valence-electron chi connectivity index (χ1n) is 9.86. The first kappa shape index (κ1) is 23.4. The molecule has 2 aromatic rings. The molecule has 170 valence electrons. The van der Waals surface area contributed by atoms with Crippen molar-refractivity contribution in [2.24, 2.45) is 11.8 Å². The van der Waals surface area contributed by atoms with Crippen molar-refractivity contribution < 1.29 is 22.7 Å². The van der Waals surface area contributed by atoms with Gasteiger partial charge in [0.1, 0.15) is 22.8 Å². The largest absolute Gasteiger partial charge is 0.468 e. The van der Waals surface area contributed by atoms with E-state index in [9.17, 15) is 22.8 Å². The maximum Gasteiger partial charge on any atom is 0.325 e. The summed E-state index contributed by atoms with van der Waals surface area (Å²) in [6, 6.07) is 0. The van der Waals surface area contributed by atoms with Gasteiger partial charge in [-0.25, -0.2) is 13.4 Å². The third-order valence-electron chi connectivity index (χ3n) is 5.20. The number of carbonyl (C=O) groups excluding carboxylic acids is 2. The molecule has 0 aromatic carbocycles. The van der Waals surface area contributed by atoms with Crippen molar-refractivity contribution in [2.45, 2.75) is 38.6 Å². The van der Waals surface area contributed by atoms with E-state index >= 15 is 0 Å². The minimum atomic E-state index is -3.91. The van der Waals surface area contributed by atoms with Gasteiger partial charge < -0.3 is 10.1 Å². The van der Waals surface area contributed by atoms with E-state index in [1.807, 2.05) is 13.8 Å². The number of nitrogens with one attached hydrogen (secondary N) is 1. The summed E-state index contributed by atoms with van der Waals surface area (Å²) in [5, 5.41) is 2.34. The third kappa shape index (κ3) is 4.80. The summed E-state index contributed by atoms with van der Waals surface area (Å²) >= 11 is 1.14. The number of sulfonamides is 1. The van der Waals surface area contributed by atoms with Crippen molar-refractivity contribution in [3.63, 3.8) is 0 Å². The van der Waals surface area contributed by atoms with Crippen molar-refractivity contribution in [3.8, 4) is 0 Å². The number of carbonyl (C=O) groups is 2. The van der Waals surface area contributed by atoms with Crippen LogP contribution in [0.2, 0.25) is 0 Å². The van der Waals surface area contributed by atoms with E-state index in [1.165, 1.54) is 17.7 Å². The van der Waals surface area contributed by atoms with Crippen LogP contribution in [0.4, 0.5) is 0 Å². The molecule has 3 heterocycles. The molecule has 31 heavy (non-hydrogen) atoms. The van der Waals surface area contributed by atoms with Crippen molar-refractivity contribution in [2.75, 3.05) is 26.7 Å². The van der Waals surface area contributed by atoms with Gasteiger partial charge in [-0.05, 0) is 25.2 Å². The predicted molar refractivity (Wildman–Crippen MR) is 115 cm³/mol. The molecule has 10 nitrogen and oxygen atoms in total. The van der Waals surface area contributed by atoms with Crippen LogP contribution in [0.5, 0.6) is 0 Å². The quantitative estimate of drug-likeness (QED) is 0.616. The molecule has 1 N–H and O–H groups in total. The van der Waals surface area contributed by atoms with Crippen LogP contribution in [0, 0.1) is 18.8 Å². The second-order valence-electron chi connectivity index (χ2n) is 7.97. The number of fused-ring (bicyclic) bond motifs is 1. The molecular formula is C19H26N4O6S2. The molecule has 2 atom stereocenters. The van der Waals surface area contributed by atoms with E-state index in [1.54, 1.807) is 6.92 Å². The number of thiophene rings is 1. The highest BCUT2D eigenvalue weighted by atomic mass is 32.2. The minimum Gasteiger partial charge on any atom is -0.468 e. The SMILES string of the molecule is COC(=O)CNC(=O)Cn1cnc2sc(C)c(S(=O)(=O)N3C[C@H](C)C[C@@H](C)C3)c2c1=O. The maximum atomic E-state index is 13.5. The Morgan fingerprint density at radius 2 is 1.94 bits per heavy atom. The van der Waals surface area contributed by atoms with Gasteiger partial charge in [-0.15, -0.1) is 11.3 Å². The number of hydrogen-bond acceptors (Lipinski definition) is 8. The monoisotopic (exact) mass is 470 g/mol. The van der Waals surface area contributed by atoms with Crippen molar-refractivity contribution in [1.82, 2.24) is 19.2 Å². The molecular weight excluding hydrogens is 444 g/mol. The van der Waals surface area contributed by atoms with Crippen LogP contribution in [0.1, 0.15) is 25.1 Å². The van der Waals surface area contributed by atoms with Gasteiger partial charge in [0.15, 0.2) is 0 Å². The molecule has 1 amide bonds. The summed E-state index contributed by atoms with van der Waals surface area (Å²) in [4.78, 5) is 41.4. The number of aromatic nitrogens is 2. The Hall–Kier alpha value is -2.31. The van der Waals surface area contributed by atoms with E-state index < -0.39 is 34.0 Å². The van der Waals surface area contributed by atoms with Gasteiger partial charge in [0.05, 0.1) is 18.8 Å². The maximum absolute atomic E-state index is 13.5. The molecule has 0 unspecified atom stereocenters. The highest BCUT2D eigenvalue weighted by Gasteiger charge is 2.35. The average molecular weight is 471 g/mol. The molecule has 0 aliphatic carbocycles. The third-order valence-corrected chi connectivity index (χ3v) is 8.35. The van der Waals surface area contributed by atoms with Gasteiger partial charge in [-0.1, -0.05) is 13.8 Å². The van der Waals surface area contributed by atoms with E-state index in [4.69, 9.17) is 0 Å². The Morgan fingerprint density at radius 1 is 1.29 bits per heavy atom. The van der Waals surface area contributed by atoms with Crippen LogP contribution in [-0.2, 0) is 30.9 Å². The first-order chi connectivity index (χ1) is 14.5. The molecule has 0 saturated carbocycles. The summed E-state index contributed by atoms with van der Waals surface area (Å²) in [7, 11) is -2.71. The molecule has 1 aliphatic heterocycles. The van der Waals surface area contributed by atoms with Crippen LogP contribution >= 0.6 is 11.3 Å². The zero-order valence-corrected chi connectivity index (χ0v) is 19.5. The van der Waals surface area contributed by atoms with E-state index in [0.29, 0.717) is 22.8 Å². The fourth-order valence-corrected chi connectivity index (χ4v) is 7.27. The summed E-state index contributed by atoms with van der Waals surface area (Å²) in [6.45, 7) is 5.74. The van der Waals surface area contributed by atoms with Gasteiger partial charge in [0, 0.05) is 18.0 Å². The molecule has 1 saturated heterocycles. The average Bonchev–Trinajstić information content (AvgIpc) is 3.05. The number of aryl methyl sites for hydroxylation is 1. The fourth-order valence-electron chi connectivity index (χ4n) is 3.92. The molecule has 1 aliphatic rings. The lowest BCUT2D eigenvalue weighted by atomic mass is 9.94. The number of hydrogen-bond donors (Lipinski definition) is 1. The standard InChI is InChI=1S/C19H26N4O6S2/c1-11-5-12(2)8-23(7-11)31(27,28)17-13(3)30-18-16(17)19(26)22(10-21-18)9-14(24)20-6-15(25)29-4/h10-12H,5-9H2,1-4H3,(H,20,24)/t11-,12-/m1/s1. The van der Waals surface area contributed by atoms with Crippen LogP contribution in [0.15, 0.2) is 16.0 Å². The number of rotatable bonds is 6. The number of ether oxygens (including phenoxy) is 1. The molecule has 3 rings (SSSR count). The Kier molecular flexibility index (Phi) is 6.82. The van der Waals surface area contributed by atoms with Crippen molar-refractivity contribution in [3.05, 3.63) is 21.6 Å². The van der Waals surface area contributed by atoms with Crippen LogP contribution in [0.25, 0.3) is 10.2 Å². The van der Waals surface area contributed by atoms with E-state index in [0.717, 1.165) is 22.3 Å². The second-order valence-corrected chi connectivity index (χ2v) is 11.0. The molecule has 0 spiro atoms. The Bertz CT molecular complexity index is 1160. The van der Waals surface area contributed by atoms with Gasteiger partial charge in [-0.3, -0.25) is 19.0 Å². The van der Waals surface area contributed by atoms with Gasteiger partial charge in [-0.2, -0.15) is 4.31 Å². The minimum absolute atomic E-state index is 0.00310. The number of esters is 1. The highest BCUT2D eigenvalue weighted by molar-refractivity contribution is 7.89. The lowest BCUT2D eigenvalue weighted by molar-refractivity contribution is -0.141. The van der Waals surface area contributed by atoms with Crippen LogP contribution < -0.4 is 10.9 Å². The number of nitrogens with zero attached hydrogens (tertiary/aromatic N) is 3. The van der Waals surface area contributed by atoms with Crippen LogP contribution in [0.3, 0.4) is 0 Å². The zero-order chi connectivity index (χ0) is 22.9. The number of methoxy groups -OCH3 is 1. The van der Waals surface area contributed by atoms with Crippen molar-refractivity contribution in [1.29, 1.82) is 0 Å². The molecule has 0 radical (unpaired) electrons. The predicted octanol–water partition coefficient (Wildman–Crippen LogP) is 0.722. The van der Waals surface area contributed by atoms with E-state index in [2.05, 4.69) is 15.0 Å². The summed E-state index contributed by atoms with van der Waals surface area (Å²) < 4.78 is 33.9. The first-order valence-corrected chi connectivity index (χ1v) is 12.1. The molecule has 12 heteroatoms. The lowest BCUT2D eigenvalue weighted by Crippen LogP contribution is -2.43. The Balaban J connectivity index is 1.99. The summed E-state index contributed by atoms with van der Waals surface area (Å²) in [5.41, 5.74) is -0.612. The molecule has 1 fully saturated rings. The fraction of sp³-hybridized carbons (Fsp3) is 0.579. The molecule has 0 bridgehead atoms. The Labute approximate surface area is 184 Å². The van der Waals surface area contributed by atoms with Crippen LogP contribution in [-0.4, -0.2) is 60.9 Å². The number of piperidine rings is 1.